The summed E-state index contributed by atoms with van der Waals surface area (Å²) in [5, 5.41) is 8.48. The first kappa shape index (κ1) is 12.0. The summed E-state index contributed by atoms with van der Waals surface area (Å²) in [6.07, 6.45) is 4.66. The first-order valence-electron chi connectivity index (χ1n) is 6.73. The third kappa shape index (κ3) is 2.54. The molecule has 0 radical (unpaired) electrons. The molecule has 0 bridgehead atoms. The molecule has 3 rings (SSSR count). The molecule has 19 heavy (non-hydrogen) atoms. The minimum Gasteiger partial charge on any atom is -0.483 e. The maximum Gasteiger partial charge on any atom is 0.171 e. The van der Waals surface area contributed by atoms with Gasteiger partial charge in [-0.2, -0.15) is 0 Å². The highest BCUT2D eigenvalue weighted by molar-refractivity contribution is 5.51. The highest BCUT2D eigenvalue weighted by Crippen LogP contribution is 2.21. The van der Waals surface area contributed by atoms with E-state index in [0.717, 1.165) is 24.6 Å². The average Bonchev–Trinajstić information content (AvgIpc) is 2.66. The molecular weight excluding hydrogens is 240 g/mol. The Kier molecular flexibility index (Phi) is 3.35. The molecule has 5 nitrogen and oxygen atoms in total. The SMILES string of the molecule is Nc1ccccc1OCc1nnc2n1CCCCC2. The largest absolute Gasteiger partial charge is 0.483 e. The fourth-order valence-electron chi connectivity index (χ4n) is 2.41. The van der Waals surface area contributed by atoms with E-state index in [9.17, 15) is 0 Å². The first-order chi connectivity index (χ1) is 9.34. The van der Waals surface area contributed by atoms with Crippen molar-refractivity contribution < 1.29 is 4.74 Å². The molecule has 0 saturated carbocycles. The second-order valence-corrected chi connectivity index (χ2v) is 4.82. The van der Waals surface area contributed by atoms with Gasteiger partial charge in [-0.25, -0.2) is 0 Å². The van der Waals surface area contributed by atoms with Gasteiger partial charge in [-0.15, -0.1) is 10.2 Å². The van der Waals surface area contributed by atoms with Crippen LogP contribution in [0.15, 0.2) is 24.3 Å². The second-order valence-electron chi connectivity index (χ2n) is 4.82. The van der Waals surface area contributed by atoms with Gasteiger partial charge in [0.2, 0.25) is 0 Å². The lowest BCUT2D eigenvalue weighted by atomic mass is 10.2. The van der Waals surface area contributed by atoms with Crippen molar-refractivity contribution in [2.24, 2.45) is 0 Å². The van der Waals surface area contributed by atoms with Crippen LogP contribution in [0.2, 0.25) is 0 Å². The van der Waals surface area contributed by atoms with Crippen LogP contribution in [0.4, 0.5) is 5.69 Å². The third-order valence-electron chi connectivity index (χ3n) is 3.46. The number of ether oxygens (including phenoxy) is 1. The van der Waals surface area contributed by atoms with E-state index in [2.05, 4.69) is 14.8 Å². The number of anilines is 1. The molecule has 0 atom stereocenters. The molecule has 0 unspecified atom stereocenters. The summed E-state index contributed by atoms with van der Waals surface area (Å²) in [5.74, 6) is 2.67. The number of aromatic nitrogens is 3. The smallest absolute Gasteiger partial charge is 0.171 e. The number of nitrogens with zero attached hydrogens (tertiary/aromatic N) is 3. The summed E-state index contributed by atoms with van der Waals surface area (Å²) in [4.78, 5) is 0. The van der Waals surface area contributed by atoms with Gasteiger partial charge in [-0.05, 0) is 25.0 Å². The van der Waals surface area contributed by atoms with Crippen molar-refractivity contribution in [3.8, 4) is 5.75 Å². The van der Waals surface area contributed by atoms with Crippen molar-refractivity contribution in [2.45, 2.75) is 38.8 Å². The highest BCUT2D eigenvalue weighted by atomic mass is 16.5. The van der Waals surface area contributed by atoms with Gasteiger partial charge < -0.3 is 15.0 Å². The Morgan fingerprint density at radius 3 is 2.95 bits per heavy atom. The van der Waals surface area contributed by atoms with Crippen molar-refractivity contribution in [3.63, 3.8) is 0 Å². The summed E-state index contributed by atoms with van der Waals surface area (Å²) >= 11 is 0. The minimum atomic E-state index is 0.418. The minimum absolute atomic E-state index is 0.418. The van der Waals surface area contributed by atoms with E-state index in [1.807, 2.05) is 24.3 Å². The summed E-state index contributed by atoms with van der Waals surface area (Å²) in [6.45, 7) is 1.41. The van der Waals surface area contributed by atoms with Gasteiger partial charge in [0, 0.05) is 13.0 Å². The molecule has 0 spiro atoms. The third-order valence-corrected chi connectivity index (χ3v) is 3.46. The lowest BCUT2D eigenvalue weighted by Gasteiger charge is -2.10. The van der Waals surface area contributed by atoms with E-state index in [4.69, 9.17) is 10.5 Å². The van der Waals surface area contributed by atoms with Crippen LogP contribution in [0.25, 0.3) is 0 Å². The molecule has 1 aliphatic rings. The van der Waals surface area contributed by atoms with Gasteiger partial charge in [-0.3, -0.25) is 0 Å². The molecule has 0 amide bonds. The van der Waals surface area contributed by atoms with Crippen molar-refractivity contribution >= 4 is 5.69 Å². The molecular formula is C14H18N4O. The highest BCUT2D eigenvalue weighted by Gasteiger charge is 2.15. The molecule has 1 aromatic heterocycles. The standard InChI is InChI=1S/C14H18N4O/c15-11-6-3-4-7-12(11)19-10-14-17-16-13-8-2-1-5-9-18(13)14/h3-4,6-7H,1-2,5,8-10,15H2. The average molecular weight is 258 g/mol. The van der Waals surface area contributed by atoms with E-state index in [1.54, 1.807) is 0 Å². The fraction of sp³-hybridized carbons (Fsp3) is 0.429. The predicted molar refractivity (Wildman–Crippen MR) is 72.8 cm³/mol. The van der Waals surface area contributed by atoms with Gasteiger partial charge >= 0.3 is 0 Å². The van der Waals surface area contributed by atoms with Crippen LogP contribution in [-0.4, -0.2) is 14.8 Å². The number of hydrogen-bond donors (Lipinski definition) is 1. The van der Waals surface area contributed by atoms with Crippen LogP contribution >= 0.6 is 0 Å². The van der Waals surface area contributed by atoms with Crippen molar-refractivity contribution in [2.75, 3.05) is 5.73 Å². The number of rotatable bonds is 3. The number of para-hydroxylation sites is 2. The Bertz CT molecular complexity index is 564. The number of nitrogens with two attached hydrogens (primary N) is 1. The Balaban J connectivity index is 1.74. The van der Waals surface area contributed by atoms with Gasteiger partial charge in [0.25, 0.3) is 0 Å². The number of nitrogen functional groups attached to an aromatic ring is 1. The molecule has 1 aliphatic heterocycles. The van der Waals surface area contributed by atoms with Gasteiger partial charge in [0.05, 0.1) is 5.69 Å². The Hall–Kier alpha value is -2.04. The topological polar surface area (TPSA) is 66.0 Å². The lowest BCUT2D eigenvalue weighted by Crippen LogP contribution is -2.09. The van der Waals surface area contributed by atoms with Crippen molar-refractivity contribution in [1.29, 1.82) is 0 Å². The molecule has 5 heteroatoms. The Labute approximate surface area is 112 Å². The molecule has 2 heterocycles. The van der Waals surface area contributed by atoms with E-state index in [1.165, 1.54) is 19.3 Å². The zero-order chi connectivity index (χ0) is 13.1. The van der Waals surface area contributed by atoms with Crippen LogP contribution in [0.1, 0.15) is 30.9 Å². The summed E-state index contributed by atoms with van der Waals surface area (Å²) < 4.78 is 7.93. The Morgan fingerprint density at radius 2 is 2.05 bits per heavy atom. The monoisotopic (exact) mass is 258 g/mol. The molecule has 1 aromatic carbocycles. The van der Waals surface area contributed by atoms with Gasteiger partial charge in [0.1, 0.15) is 18.2 Å². The van der Waals surface area contributed by atoms with Crippen molar-refractivity contribution in [1.82, 2.24) is 14.8 Å². The van der Waals surface area contributed by atoms with Crippen LogP contribution in [0.3, 0.4) is 0 Å². The molecule has 0 aliphatic carbocycles. The zero-order valence-electron chi connectivity index (χ0n) is 10.9. The van der Waals surface area contributed by atoms with E-state index in [-0.39, 0.29) is 0 Å². The van der Waals surface area contributed by atoms with Gasteiger partial charge in [-0.1, -0.05) is 18.6 Å². The van der Waals surface area contributed by atoms with Gasteiger partial charge in [0.15, 0.2) is 5.82 Å². The first-order valence-corrected chi connectivity index (χ1v) is 6.73. The maximum absolute atomic E-state index is 5.85. The van der Waals surface area contributed by atoms with E-state index >= 15 is 0 Å². The summed E-state index contributed by atoms with van der Waals surface area (Å²) in [6, 6.07) is 7.51. The summed E-state index contributed by atoms with van der Waals surface area (Å²) in [7, 11) is 0. The Morgan fingerprint density at radius 1 is 1.16 bits per heavy atom. The molecule has 2 N–H and O–H groups in total. The van der Waals surface area contributed by atoms with Crippen molar-refractivity contribution in [3.05, 3.63) is 35.9 Å². The molecule has 2 aromatic rings. The van der Waals surface area contributed by atoms with Crippen LogP contribution in [0, 0.1) is 0 Å². The number of benzene rings is 1. The van der Waals surface area contributed by atoms with Crippen LogP contribution in [-0.2, 0) is 19.6 Å². The fourth-order valence-corrected chi connectivity index (χ4v) is 2.41. The molecule has 0 saturated heterocycles. The quantitative estimate of drug-likeness (QED) is 0.857. The molecule has 0 fully saturated rings. The molecule has 100 valence electrons. The zero-order valence-corrected chi connectivity index (χ0v) is 10.9. The summed E-state index contributed by atoms with van der Waals surface area (Å²) in [5.41, 5.74) is 6.51. The van der Waals surface area contributed by atoms with E-state index in [0.29, 0.717) is 18.0 Å². The van der Waals surface area contributed by atoms with E-state index < -0.39 is 0 Å². The number of fused-ring (bicyclic) bond motifs is 1. The predicted octanol–water partition coefficient (Wildman–Crippen LogP) is 2.17. The second kappa shape index (κ2) is 5.30. The van der Waals surface area contributed by atoms with Crippen LogP contribution in [0.5, 0.6) is 5.75 Å². The lowest BCUT2D eigenvalue weighted by molar-refractivity contribution is 0.290. The maximum atomic E-state index is 5.85. The number of aryl methyl sites for hydroxylation is 1. The number of hydrogen-bond acceptors (Lipinski definition) is 4. The van der Waals surface area contributed by atoms with Crippen LogP contribution < -0.4 is 10.5 Å². The normalized spacial score (nSPS) is 14.7.